The smallest absolute Gasteiger partial charge is 0.286 e. The van der Waals surface area contributed by atoms with Gasteiger partial charge in [-0.2, -0.15) is 9.97 Å². The maximum absolute atomic E-state index is 14.1. The molecule has 8 nitrogen and oxygen atoms in total. The Bertz CT molecular complexity index is 3270. The Balaban J connectivity index is 1.09. The van der Waals surface area contributed by atoms with E-state index in [1.807, 2.05) is 126 Å². The van der Waals surface area contributed by atoms with Crippen molar-refractivity contribution in [2.24, 2.45) is 0 Å². The average molecular weight is 708 g/mol. The Labute approximate surface area is 313 Å². The van der Waals surface area contributed by atoms with Gasteiger partial charge in [-0.05, 0) is 65.7 Å². The molecule has 11 aromatic rings. The van der Waals surface area contributed by atoms with Crippen molar-refractivity contribution in [3.63, 3.8) is 0 Å². The highest BCUT2D eigenvalue weighted by Crippen LogP contribution is 2.36. The zero-order valence-corrected chi connectivity index (χ0v) is 29.3. The Hall–Kier alpha value is -7.71. The highest BCUT2D eigenvalue weighted by molar-refractivity contribution is 6.10. The van der Waals surface area contributed by atoms with Crippen LogP contribution in [-0.4, -0.2) is 33.5 Å². The van der Waals surface area contributed by atoms with Crippen molar-refractivity contribution in [3.05, 3.63) is 186 Å². The summed E-state index contributed by atoms with van der Waals surface area (Å²) in [5.74, 6) is 1.76. The molecule has 0 amide bonds. The summed E-state index contributed by atoms with van der Waals surface area (Å²) in [5, 5.41) is 2.16. The first-order valence-corrected chi connectivity index (χ1v) is 18.1. The van der Waals surface area contributed by atoms with Crippen molar-refractivity contribution in [2.75, 3.05) is 0 Å². The monoisotopic (exact) mass is 707 g/mol. The van der Waals surface area contributed by atoms with Crippen molar-refractivity contribution < 1.29 is 0 Å². The molecule has 11 rings (SSSR count). The number of nitrogens with zero attached hydrogens (tertiary/aromatic N) is 7. The van der Waals surface area contributed by atoms with Crippen molar-refractivity contribution in [2.45, 2.75) is 0 Å². The molecular formula is C47H29N7O. The zero-order valence-electron chi connectivity index (χ0n) is 29.3. The van der Waals surface area contributed by atoms with Gasteiger partial charge in [0.15, 0.2) is 11.6 Å². The van der Waals surface area contributed by atoms with E-state index < -0.39 is 0 Å². The van der Waals surface area contributed by atoms with Gasteiger partial charge < -0.3 is 0 Å². The fourth-order valence-corrected chi connectivity index (χ4v) is 7.80. The molecule has 0 N–H and O–H groups in total. The van der Waals surface area contributed by atoms with Crippen LogP contribution in [0.4, 0.5) is 0 Å². The summed E-state index contributed by atoms with van der Waals surface area (Å²) < 4.78 is 5.86. The van der Waals surface area contributed by atoms with Gasteiger partial charge in [0.25, 0.3) is 5.56 Å². The second-order valence-electron chi connectivity index (χ2n) is 13.5. The maximum atomic E-state index is 14.1. The number of aromatic nitrogens is 7. The molecule has 258 valence electrons. The quantitative estimate of drug-likeness (QED) is 0.178. The van der Waals surface area contributed by atoms with Crippen molar-refractivity contribution in [3.8, 4) is 45.5 Å². The van der Waals surface area contributed by atoms with E-state index >= 15 is 0 Å². The molecule has 0 aliphatic carbocycles. The van der Waals surface area contributed by atoms with Crippen LogP contribution in [0, 0.1) is 0 Å². The van der Waals surface area contributed by atoms with Crippen LogP contribution in [0.15, 0.2) is 181 Å². The molecule has 0 spiro atoms. The van der Waals surface area contributed by atoms with E-state index in [1.165, 1.54) is 0 Å². The van der Waals surface area contributed by atoms with E-state index in [2.05, 4.69) is 59.2 Å². The molecule has 0 aliphatic heterocycles. The van der Waals surface area contributed by atoms with E-state index in [9.17, 15) is 4.79 Å². The lowest BCUT2D eigenvalue weighted by atomic mass is 10.0. The Kier molecular flexibility index (Phi) is 6.84. The van der Waals surface area contributed by atoms with Gasteiger partial charge in [0, 0.05) is 27.6 Å². The first-order valence-electron chi connectivity index (χ1n) is 18.1. The van der Waals surface area contributed by atoms with Crippen LogP contribution in [0.2, 0.25) is 0 Å². The van der Waals surface area contributed by atoms with Crippen molar-refractivity contribution in [1.82, 2.24) is 33.5 Å². The summed E-state index contributed by atoms with van der Waals surface area (Å²) in [5.41, 5.74) is 10.2. The van der Waals surface area contributed by atoms with Crippen LogP contribution in [0.25, 0.3) is 95.1 Å². The second kappa shape index (κ2) is 12.2. The minimum absolute atomic E-state index is 0.166. The number of rotatable bonds is 5. The lowest BCUT2D eigenvalue weighted by Gasteiger charge is -2.12. The van der Waals surface area contributed by atoms with Gasteiger partial charge in [0.05, 0.1) is 33.1 Å². The largest absolute Gasteiger partial charge is 0.299 e. The summed E-state index contributed by atoms with van der Waals surface area (Å²) in [4.78, 5) is 34.1. The normalized spacial score (nSPS) is 11.7. The van der Waals surface area contributed by atoms with Crippen molar-refractivity contribution in [1.29, 1.82) is 0 Å². The molecule has 0 bridgehead atoms. The van der Waals surface area contributed by atoms with Gasteiger partial charge in [-0.25, -0.2) is 9.97 Å². The van der Waals surface area contributed by atoms with Crippen LogP contribution in [-0.2, 0) is 0 Å². The Morgan fingerprint density at radius 1 is 0.382 bits per heavy atom. The molecule has 4 aromatic heterocycles. The molecule has 8 heteroatoms. The summed E-state index contributed by atoms with van der Waals surface area (Å²) in [7, 11) is 0. The van der Waals surface area contributed by atoms with Gasteiger partial charge in [-0.3, -0.25) is 18.3 Å². The number of para-hydroxylation sites is 4. The fourth-order valence-electron chi connectivity index (χ4n) is 7.80. The molecule has 4 heterocycles. The standard InChI is InChI=1S/C47H29N7O/c55-46-45-48-37-29-33(25-27-40(37)53(45)42-23-13-12-22-41(42)52(46)34-18-8-3-9-19-34)32-24-26-39-36(28-32)35-20-10-11-21-38(35)54(39)47-50-43(30-14-4-1-5-15-30)49-44(51-47)31-16-6-2-7-17-31/h1-29H. The fraction of sp³-hybridized carbons (Fsp3) is 0. The topological polar surface area (TPSA) is 82.9 Å². The Morgan fingerprint density at radius 3 is 1.62 bits per heavy atom. The highest BCUT2D eigenvalue weighted by atomic mass is 16.1. The maximum Gasteiger partial charge on any atom is 0.299 e. The number of hydrogen-bond acceptors (Lipinski definition) is 5. The van der Waals surface area contributed by atoms with Gasteiger partial charge in [0.1, 0.15) is 0 Å². The summed E-state index contributed by atoms with van der Waals surface area (Å²) in [6.45, 7) is 0. The molecule has 0 unspecified atom stereocenters. The molecule has 7 aromatic carbocycles. The molecule has 0 radical (unpaired) electrons. The number of imidazole rings is 1. The van der Waals surface area contributed by atoms with E-state index in [0.29, 0.717) is 23.2 Å². The predicted molar refractivity (Wildman–Crippen MR) is 220 cm³/mol. The predicted octanol–water partition coefficient (Wildman–Crippen LogP) is 10.1. The van der Waals surface area contributed by atoms with Crippen LogP contribution >= 0.6 is 0 Å². The lowest BCUT2D eigenvalue weighted by molar-refractivity contribution is 0.953. The van der Waals surface area contributed by atoms with Crippen molar-refractivity contribution >= 4 is 49.5 Å². The summed E-state index contributed by atoms with van der Waals surface area (Å²) in [6, 6.07) is 58.9. The number of fused-ring (bicyclic) bond motifs is 8. The third kappa shape index (κ3) is 4.89. The van der Waals surface area contributed by atoms with Gasteiger partial charge in [0.2, 0.25) is 11.6 Å². The van der Waals surface area contributed by atoms with E-state index in [-0.39, 0.29) is 5.56 Å². The van der Waals surface area contributed by atoms with E-state index in [4.69, 9.17) is 19.9 Å². The van der Waals surface area contributed by atoms with Crippen LogP contribution in [0.5, 0.6) is 0 Å². The molecule has 0 aliphatic rings. The van der Waals surface area contributed by atoms with Crippen LogP contribution in [0.3, 0.4) is 0 Å². The van der Waals surface area contributed by atoms with Crippen LogP contribution in [0.1, 0.15) is 0 Å². The molecule has 0 saturated heterocycles. The summed E-state index contributed by atoms with van der Waals surface area (Å²) >= 11 is 0. The first-order chi connectivity index (χ1) is 27.2. The lowest BCUT2D eigenvalue weighted by Crippen LogP contribution is -2.21. The van der Waals surface area contributed by atoms with E-state index in [0.717, 1.165) is 71.8 Å². The van der Waals surface area contributed by atoms with Gasteiger partial charge in [-0.1, -0.05) is 121 Å². The molecule has 0 saturated carbocycles. The Morgan fingerprint density at radius 2 is 0.927 bits per heavy atom. The molecule has 0 atom stereocenters. The number of hydrogen-bond donors (Lipinski definition) is 0. The molecule has 0 fully saturated rings. The summed E-state index contributed by atoms with van der Waals surface area (Å²) in [6.07, 6.45) is 0. The number of benzene rings is 7. The molecule has 55 heavy (non-hydrogen) atoms. The SMILES string of the molecule is O=c1c2nc3cc(-c4ccc5c(c4)c4ccccc4n5-c4nc(-c5ccccc5)nc(-c5ccccc5)n4)ccc3n2c2ccccc2n1-c1ccccc1. The highest BCUT2D eigenvalue weighted by Gasteiger charge is 2.20. The average Bonchev–Trinajstić information content (AvgIpc) is 3.81. The van der Waals surface area contributed by atoms with Crippen LogP contribution < -0.4 is 5.56 Å². The minimum Gasteiger partial charge on any atom is -0.286 e. The van der Waals surface area contributed by atoms with Gasteiger partial charge >= 0.3 is 0 Å². The van der Waals surface area contributed by atoms with Gasteiger partial charge in [-0.15, -0.1) is 0 Å². The second-order valence-corrected chi connectivity index (χ2v) is 13.5. The molecular weight excluding hydrogens is 679 g/mol. The third-order valence-corrected chi connectivity index (χ3v) is 10.3. The minimum atomic E-state index is -0.166. The third-order valence-electron chi connectivity index (χ3n) is 10.3. The van der Waals surface area contributed by atoms with E-state index in [1.54, 1.807) is 4.57 Å². The first kappa shape index (κ1) is 30.9. The zero-order chi connectivity index (χ0) is 36.5.